The second kappa shape index (κ2) is 6.36. The number of carboxylic acids is 1. The largest absolute Gasteiger partial charge is 0.481 e. The van der Waals surface area contributed by atoms with Crippen LogP contribution < -0.4 is 4.90 Å². The molecule has 1 aromatic rings. The first kappa shape index (κ1) is 15.9. The predicted octanol–water partition coefficient (Wildman–Crippen LogP) is 2.21. The van der Waals surface area contributed by atoms with Crippen LogP contribution in [0.2, 0.25) is 0 Å². The number of hydrogen-bond acceptors (Lipinski definition) is 3. The Hall–Kier alpha value is -2.11. The minimum Gasteiger partial charge on any atom is -0.481 e. The number of rotatable bonds is 4. The van der Waals surface area contributed by atoms with Crippen LogP contribution in [0.1, 0.15) is 27.2 Å². The van der Waals surface area contributed by atoms with Gasteiger partial charge in [0, 0.05) is 25.3 Å². The van der Waals surface area contributed by atoms with Crippen molar-refractivity contribution < 1.29 is 14.7 Å². The van der Waals surface area contributed by atoms with Gasteiger partial charge in [-0.15, -0.1) is 0 Å². The van der Waals surface area contributed by atoms with E-state index in [0.29, 0.717) is 5.69 Å². The van der Waals surface area contributed by atoms with Crippen molar-refractivity contribution in [3.63, 3.8) is 0 Å². The molecule has 0 bridgehead atoms. The summed E-state index contributed by atoms with van der Waals surface area (Å²) in [6.07, 6.45) is 3.15. The minimum atomic E-state index is -0.920. The van der Waals surface area contributed by atoms with Crippen LogP contribution in [-0.4, -0.2) is 46.1 Å². The van der Waals surface area contributed by atoms with E-state index in [4.69, 9.17) is 5.11 Å². The average molecular weight is 279 g/mol. The zero-order valence-corrected chi connectivity index (χ0v) is 12.3. The Balaban J connectivity index is 2.90. The van der Waals surface area contributed by atoms with Gasteiger partial charge in [-0.25, -0.2) is 4.79 Å². The summed E-state index contributed by atoms with van der Waals surface area (Å²) in [4.78, 5) is 30.3. The fourth-order valence-electron chi connectivity index (χ4n) is 1.77. The van der Waals surface area contributed by atoms with E-state index in [1.54, 1.807) is 36.5 Å². The quantitative estimate of drug-likeness (QED) is 0.917. The van der Waals surface area contributed by atoms with Crippen molar-refractivity contribution in [1.82, 2.24) is 9.88 Å². The molecule has 1 heterocycles. The van der Waals surface area contributed by atoms with Gasteiger partial charge in [0.15, 0.2) is 0 Å². The molecule has 0 aliphatic carbocycles. The number of carboxylic acid groups (broad SMARTS) is 1. The molecule has 0 spiro atoms. The monoisotopic (exact) mass is 279 g/mol. The van der Waals surface area contributed by atoms with E-state index in [2.05, 4.69) is 4.98 Å². The van der Waals surface area contributed by atoms with Gasteiger partial charge in [-0.2, -0.15) is 0 Å². The number of aromatic nitrogens is 1. The smallest absolute Gasteiger partial charge is 0.324 e. The van der Waals surface area contributed by atoms with Crippen LogP contribution in [-0.2, 0) is 4.79 Å². The summed E-state index contributed by atoms with van der Waals surface area (Å²) in [7, 11) is 1.65. The maximum Gasteiger partial charge on any atom is 0.324 e. The molecule has 6 nitrogen and oxygen atoms in total. The molecule has 1 aromatic heterocycles. The number of pyridine rings is 1. The number of nitrogens with zero attached hydrogens (tertiary/aromatic N) is 3. The highest BCUT2D eigenvalue weighted by Crippen LogP contribution is 2.19. The Morgan fingerprint density at radius 3 is 2.45 bits per heavy atom. The number of hydrogen-bond donors (Lipinski definition) is 1. The number of urea groups is 1. The van der Waals surface area contributed by atoms with Crippen molar-refractivity contribution in [3.05, 3.63) is 24.5 Å². The van der Waals surface area contributed by atoms with Crippen LogP contribution in [0.4, 0.5) is 10.5 Å². The Bertz CT molecular complexity index is 468. The van der Waals surface area contributed by atoms with Crippen LogP contribution in [0.3, 0.4) is 0 Å². The van der Waals surface area contributed by atoms with E-state index in [1.807, 2.05) is 20.8 Å². The molecule has 0 saturated heterocycles. The van der Waals surface area contributed by atoms with Gasteiger partial charge in [-0.1, -0.05) is 0 Å². The fraction of sp³-hybridized carbons (Fsp3) is 0.500. The molecule has 0 aromatic carbocycles. The third-order valence-corrected chi connectivity index (χ3v) is 2.91. The Morgan fingerprint density at radius 1 is 1.35 bits per heavy atom. The summed E-state index contributed by atoms with van der Waals surface area (Å²) in [5.74, 6) is -0.920. The van der Waals surface area contributed by atoms with Crippen molar-refractivity contribution in [2.75, 3.05) is 18.5 Å². The second-order valence-corrected chi connectivity index (χ2v) is 5.52. The molecule has 0 aliphatic rings. The minimum absolute atomic E-state index is 0.0795. The predicted molar refractivity (Wildman–Crippen MR) is 76.7 cm³/mol. The van der Waals surface area contributed by atoms with Gasteiger partial charge < -0.3 is 10.0 Å². The Morgan fingerprint density at radius 2 is 2.00 bits per heavy atom. The molecule has 0 radical (unpaired) electrons. The van der Waals surface area contributed by atoms with E-state index in [0.717, 1.165) is 0 Å². The molecular weight excluding hydrogens is 258 g/mol. The molecule has 0 fully saturated rings. The van der Waals surface area contributed by atoms with Gasteiger partial charge in [0.05, 0.1) is 18.3 Å². The third kappa shape index (κ3) is 4.22. The summed E-state index contributed by atoms with van der Waals surface area (Å²) < 4.78 is 0. The third-order valence-electron chi connectivity index (χ3n) is 2.91. The molecule has 0 saturated carbocycles. The van der Waals surface area contributed by atoms with Gasteiger partial charge in [0.25, 0.3) is 0 Å². The summed E-state index contributed by atoms with van der Waals surface area (Å²) in [5, 5.41) is 8.80. The van der Waals surface area contributed by atoms with Crippen molar-refractivity contribution in [2.24, 2.45) is 0 Å². The lowest BCUT2D eigenvalue weighted by Gasteiger charge is -2.38. The number of amides is 2. The Kier molecular flexibility index (Phi) is 5.07. The van der Waals surface area contributed by atoms with E-state index >= 15 is 0 Å². The topological polar surface area (TPSA) is 73.7 Å². The van der Waals surface area contributed by atoms with Gasteiger partial charge in [-0.3, -0.25) is 14.7 Å². The lowest BCUT2D eigenvalue weighted by molar-refractivity contribution is -0.137. The normalized spacial score (nSPS) is 11.0. The van der Waals surface area contributed by atoms with Crippen molar-refractivity contribution in [2.45, 2.75) is 32.7 Å². The fourth-order valence-corrected chi connectivity index (χ4v) is 1.77. The first-order valence-corrected chi connectivity index (χ1v) is 6.40. The molecule has 1 N–H and O–H groups in total. The average Bonchev–Trinajstić information content (AvgIpc) is 2.37. The van der Waals surface area contributed by atoms with Gasteiger partial charge in [0.2, 0.25) is 0 Å². The van der Waals surface area contributed by atoms with E-state index in [-0.39, 0.29) is 19.0 Å². The summed E-state index contributed by atoms with van der Waals surface area (Å²) in [5.41, 5.74) is 0.213. The standard InChI is InChI=1S/C14H21N3O3/c1-14(2,3)17(9-7-12(18)19)13(20)16(4)11-6-5-8-15-10-11/h5-6,8,10H,7,9H2,1-4H3,(H,18,19). The first-order valence-electron chi connectivity index (χ1n) is 6.40. The molecule has 0 aliphatic heterocycles. The van der Waals surface area contributed by atoms with Gasteiger partial charge in [-0.05, 0) is 32.9 Å². The second-order valence-electron chi connectivity index (χ2n) is 5.52. The summed E-state index contributed by atoms with van der Waals surface area (Å²) >= 11 is 0. The van der Waals surface area contributed by atoms with Gasteiger partial charge >= 0.3 is 12.0 Å². The molecule has 6 heteroatoms. The van der Waals surface area contributed by atoms with Crippen LogP contribution in [0.15, 0.2) is 24.5 Å². The summed E-state index contributed by atoms with van der Waals surface area (Å²) in [6, 6.07) is 3.28. The van der Waals surface area contributed by atoms with Crippen LogP contribution in [0, 0.1) is 0 Å². The van der Waals surface area contributed by atoms with E-state index < -0.39 is 11.5 Å². The molecule has 110 valence electrons. The van der Waals surface area contributed by atoms with Crippen molar-refractivity contribution in [3.8, 4) is 0 Å². The summed E-state index contributed by atoms with van der Waals surface area (Å²) in [6.45, 7) is 5.81. The zero-order valence-electron chi connectivity index (χ0n) is 12.3. The lowest BCUT2D eigenvalue weighted by atomic mass is 10.1. The first-order chi connectivity index (χ1) is 9.23. The highest BCUT2D eigenvalue weighted by Gasteiger charge is 2.29. The van der Waals surface area contributed by atoms with Crippen LogP contribution in [0.25, 0.3) is 0 Å². The lowest BCUT2D eigenvalue weighted by Crippen LogP contribution is -2.51. The number of aliphatic carboxylic acids is 1. The number of carbonyl (C=O) groups excluding carboxylic acids is 1. The molecule has 1 rings (SSSR count). The maximum absolute atomic E-state index is 12.5. The Labute approximate surface area is 119 Å². The number of anilines is 1. The van der Waals surface area contributed by atoms with Crippen molar-refractivity contribution in [1.29, 1.82) is 0 Å². The molecule has 2 amide bonds. The van der Waals surface area contributed by atoms with E-state index in [1.165, 1.54) is 4.90 Å². The zero-order chi connectivity index (χ0) is 15.3. The molecule has 0 unspecified atom stereocenters. The maximum atomic E-state index is 12.5. The van der Waals surface area contributed by atoms with Crippen LogP contribution >= 0.6 is 0 Å². The highest BCUT2D eigenvalue weighted by atomic mass is 16.4. The highest BCUT2D eigenvalue weighted by molar-refractivity contribution is 5.91. The number of carbonyl (C=O) groups is 2. The van der Waals surface area contributed by atoms with Crippen LogP contribution in [0.5, 0.6) is 0 Å². The SMILES string of the molecule is CN(C(=O)N(CCC(=O)O)C(C)(C)C)c1cccnc1. The molecule has 20 heavy (non-hydrogen) atoms. The molecule has 0 atom stereocenters. The van der Waals surface area contributed by atoms with Crippen molar-refractivity contribution >= 4 is 17.7 Å². The molecular formula is C14H21N3O3. The van der Waals surface area contributed by atoms with E-state index in [9.17, 15) is 9.59 Å². The van der Waals surface area contributed by atoms with Gasteiger partial charge in [0.1, 0.15) is 0 Å².